The summed E-state index contributed by atoms with van der Waals surface area (Å²) in [7, 11) is 0. The van der Waals surface area contributed by atoms with Crippen LogP contribution >= 0.6 is 34.4 Å². The number of thiophene rings is 1. The fourth-order valence-corrected chi connectivity index (χ4v) is 3.56. The van der Waals surface area contributed by atoms with Crippen LogP contribution in [0.5, 0.6) is 0 Å². The van der Waals surface area contributed by atoms with E-state index in [1.165, 1.54) is 11.3 Å². The number of nitrogens with zero attached hydrogens (tertiary/aromatic N) is 3. The van der Waals surface area contributed by atoms with E-state index in [1.54, 1.807) is 28.6 Å². The molecule has 92 valence electrons. The van der Waals surface area contributed by atoms with Crippen LogP contribution in [0, 0.1) is 6.92 Å². The summed E-state index contributed by atoms with van der Waals surface area (Å²) in [5.41, 5.74) is 2.70. The molecule has 18 heavy (non-hydrogen) atoms. The van der Waals surface area contributed by atoms with Gasteiger partial charge in [-0.15, -0.1) is 21.5 Å². The zero-order valence-electron chi connectivity index (χ0n) is 9.49. The Hall–Kier alpha value is -1.18. The van der Waals surface area contributed by atoms with Crippen molar-refractivity contribution in [2.45, 2.75) is 17.0 Å². The zero-order chi connectivity index (χ0) is 12.4. The van der Waals surface area contributed by atoms with Crippen molar-refractivity contribution in [2.75, 3.05) is 0 Å². The lowest BCUT2D eigenvalue weighted by atomic mass is 10.4. The first-order chi connectivity index (χ1) is 8.83. The van der Waals surface area contributed by atoms with E-state index in [0.29, 0.717) is 5.89 Å². The van der Waals surface area contributed by atoms with Gasteiger partial charge in [-0.3, -0.25) is 0 Å². The Labute approximate surface area is 116 Å². The average molecular weight is 295 g/mol. The lowest BCUT2D eigenvalue weighted by molar-refractivity contribution is 0.542. The topological polar surface area (TPSA) is 51.8 Å². The molecule has 0 aliphatic heterocycles. The van der Waals surface area contributed by atoms with E-state index in [9.17, 15) is 0 Å². The summed E-state index contributed by atoms with van der Waals surface area (Å²) in [6.45, 7) is 1.94. The highest BCUT2D eigenvalue weighted by Gasteiger charge is 2.12. The Morgan fingerprint density at radius 2 is 2.33 bits per heavy atom. The number of oxazole rings is 1. The highest BCUT2D eigenvalue weighted by Crippen LogP contribution is 2.29. The van der Waals surface area contributed by atoms with Gasteiger partial charge in [0.15, 0.2) is 4.34 Å². The van der Waals surface area contributed by atoms with Crippen molar-refractivity contribution in [2.24, 2.45) is 0 Å². The van der Waals surface area contributed by atoms with Crippen molar-refractivity contribution in [1.82, 2.24) is 15.2 Å². The zero-order valence-corrected chi connectivity index (χ0v) is 11.9. The minimum atomic E-state index is 0.704. The molecule has 0 aliphatic rings. The van der Waals surface area contributed by atoms with E-state index < -0.39 is 0 Å². The predicted molar refractivity (Wildman–Crippen MR) is 74.0 cm³/mol. The number of rotatable bonds is 4. The molecule has 3 aromatic heterocycles. The molecule has 0 aromatic carbocycles. The van der Waals surface area contributed by atoms with Crippen LogP contribution in [0.25, 0.3) is 10.8 Å². The summed E-state index contributed by atoms with van der Waals surface area (Å²) in [5, 5.41) is 9.82. The number of aromatic nitrogens is 3. The van der Waals surface area contributed by atoms with Crippen LogP contribution in [-0.2, 0) is 5.75 Å². The quantitative estimate of drug-likeness (QED) is 0.684. The number of thioether (sulfide) groups is 1. The SMILES string of the molecule is Cc1oc(-c2cccs2)nc1CSc1nncs1. The molecule has 4 nitrogen and oxygen atoms in total. The maximum Gasteiger partial charge on any atom is 0.236 e. The third kappa shape index (κ3) is 2.47. The minimum absolute atomic E-state index is 0.704. The molecule has 0 amide bonds. The molecule has 0 radical (unpaired) electrons. The van der Waals surface area contributed by atoms with Gasteiger partial charge in [-0.2, -0.15) is 0 Å². The normalized spacial score (nSPS) is 10.9. The van der Waals surface area contributed by atoms with Crippen molar-refractivity contribution >= 4 is 34.4 Å². The summed E-state index contributed by atoms with van der Waals surface area (Å²) in [4.78, 5) is 5.59. The van der Waals surface area contributed by atoms with Crippen LogP contribution in [-0.4, -0.2) is 15.2 Å². The predicted octanol–water partition coefficient (Wildman–Crippen LogP) is 3.86. The molecular formula is C11H9N3OS3. The molecule has 0 atom stereocenters. The number of hydrogen-bond acceptors (Lipinski definition) is 7. The van der Waals surface area contributed by atoms with E-state index in [1.807, 2.05) is 24.4 Å². The second kappa shape index (κ2) is 5.21. The van der Waals surface area contributed by atoms with Gasteiger partial charge in [-0.1, -0.05) is 29.2 Å². The van der Waals surface area contributed by atoms with Crippen LogP contribution in [0.15, 0.2) is 31.8 Å². The van der Waals surface area contributed by atoms with Crippen LogP contribution < -0.4 is 0 Å². The third-order valence-electron chi connectivity index (χ3n) is 2.30. The van der Waals surface area contributed by atoms with Crippen molar-refractivity contribution in [3.8, 4) is 10.8 Å². The molecule has 0 unspecified atom stereocenters. The van der Waals surface area contributed by atoms with Crippen LogP contribution in [0.2, 0.25) is 0 Å². The second-order valence-corrected chi connectivity index (χ2v) is 6.50. The van der Waals surface area contributed by atoms with Crippen molar-refractivity contribution in [3.63, 3.8) is 0 Å². The van der Waals surface area contributed by atoms with E-state index in [2.05, 4.69) is 15.2 Å². The molecule has 7 heteroatoms. The van der Waals surface area contributed by atoms with Gasteiger partial charge < -0.3 is 4.42 Å². The van der Waals surface area contributed by atoms with Gasteiger partial charge >= 0.3 is 0 Å². The van der Waals surface area contributed by atoms with Crippen molar-refractivity contribution in [3.05, 3.63) is 34.5 Å². The molecule has 0 bridgehead atoms. The molecule has 0 spiro atoms. The fraction of sp³-hybridized carbons (Fsp3) is 0.182. The Morgan fingerprint density at radius 3 is 3.06 bits per heavy atom. The first kappa shape index (κ1) is 11.9. The maximum absolute atomic E-state index is 5.68. The summed E-state index contributed by atoms with van der Waals surface area (Å²) in [6.07, 6.45) is 0. The average Bonchev–Trinajstić information content (AvgIpc) is 3.09. The smallest absolute Gasteiger partial charge is 0.236 e. The maximum atomic E-state index is 5.68. The van der Waals surface area contributed by atoms with E-state index in [4.69, 9.17) is 4.42 Å². The molecule has 3 rings (SSSR count). The Bertz CT molecular complexity index is 616. The molecule has 0 saturated carbocycles. The monoisotopic (exact) mass is 295 g/mol. The van der Waals surface area contributed by atoms with Gasteiger partial charge in [-0.25, -0.2) is 4.98 Å². The summed E-state index contributed by atoms with van der Waals surface area (Å²) >= 11 is 4.80. The largest absolute Gasteiger partial charge is 0.440 e. The van der Waals surface area contributed by atoms with Gasteiger partial charge in [0.05, 0.1) is 10.6 Å². The fourth-order valence-electron chi connectivity index (χ4n) is 1.42. The van der Waals surface area contributed by atoms with E-state index in [0.717, 1.165) is 26.4 Å². The van der Waals surface area contributed by atoms with Crippen molar-refractivity contribution < 1.29 is 4.42 Å². The summed E-state index contributed by atoms with van der Waals surface area (Å²) in [6, 6.07) is 4.01. The minimum Gasteiger partial charge on any atom is -0.440 e. The first-order valence-electron chi connectivity index (χ1n) is 5.22. The van der Waals surface area contributed by atoms with Gasteiger partial charge in [0.2, 0.25) is 5.89 Å². The summed E-state index contributed by atoms with van der Waals surface area (Å²) < 4.78 is 6.64. The van der Waals surface area contributed by atoms with Crippen LogP contribution in [0.3, 0.4) is 0 Å². The summed E-state index contributed by atoms with van der Waals surface area (Å²) in [5.74, 6) is 2.33. The molecule has 0 saturated heterocycles. The standard InChI is InChI=1S/C11H9N3OS3/c1-7-8(5-17-11-14-12-6-18-11)13-10(15-7)9-3-2-4-16-9/h2-4,6H,5H2,1H3. The Balaban J connectivity index is 1.77. The molecular weight excluding hydrogens is 286 g/mol. The Morgan fingerprint density at radius 1 is 1.39 bits per heavy atom. The lowest BCUT2D eigenvalue weighted by Gasteiger charge is -1.92. The highest BCUT2D eigenvalue weighted by molar-refractivity contribution is 8.00. The van der Waals surface area contributed by atoms with E-state index >= 15 is 0 Å². The van der Waals surface area contributed by atoms with E-state index in [-0.39, 0.29) is 0 Å². The third-order valence-corrected chi connectivity index (χ3v) is 5.03. The van der Waals surface area contributed by atoms with Gasteiger partial charge in [-0.05, 0) is 18.4 Å². The van der Waals surface area contributed by atoms with Gasteiger partial charge in [0.1, 0.15) is 11.3 Å². The Kier molecular flexibility index (Phi) is 3.44. The number of aryl methyl sites for hydroxylation is 1. The van der Waals surface area contributed by atoms with Crippen molar-refractivity contribution in [1.29, 1.82) is 0 Å². The molecule has 0 N–H and O–H groups in total. The van der Waals surface area contributed by atoms with Gasteiger partial charge in [0.25, 0.3) is 0 Å². The lowest BCUT2D eigenvalue weighted by Crippen LogP contribution is -1.84. The van der Waals surface area contributed by atoms with Crippen LogP contribution in [0.1, 0.15) is 11.5 Å². The molecule has 0 fully saturated rings. The molecule has 0 aliphatic carbocycles. The van der Waals surface area contributed by atoms with Gasteiger partial charge in [0, 0.05) is 5.75 Å². The first-order valence-corrected chi connectivity index (χ1v) is 7.96. The van der Waals surface area contributed by atoms with Crippen LogP contribution in [0.4, 0.5) is 0 Å². The highest BCUT2D eigenvalue weighted by atomic mass is 32.2. The second-order valence-electron chi connectivity index (χ2n) is 3.49. The molecule has 3 heterocycles. The number of hydrogen-bond donors (Lipinski definition) is 0. The molecule has 3 aromatic rings.